The van der Waals surface area contributed by atoms with Crippen LogP contribution >= 0.6 is 0 Å². The SMILES string of the molecule is CCOC(=O)c1ccc(NC(=O)[C@@H]2CC(=O)N([C@H](C)COC)C2)cc1. The number of anilines is 1. The lowest BCUT2D eigenvalue weighted by Crippen LogP contribution is -2.38. The molecule has 7 heteroatoms. The summed E-state index contributed by atoms with van der Waals surface area (Å²) in [5.41, 5.74) is 1.00. The van der Waals surface area contributed by atoms with Crippen LogP contribution in [0.4, 0.5) is 5.69 Å². The lowest BCUT2D eigenvalue weighted by molar-refractivity contribution is -0.130. The van der Waals surface area contributed by atoms with Crippen molar-refractivity contribution in [3.63, 3.8) is 0 Å². The van der Waals surface area contributed by atoms with Crippen LogP contribution in [0.1, 0.15) is 30.6 Å². The molecule has 1 aliphatic heterocycles. The van der Waals surface area contributed by atoms with Crippen LogP contribution < -0.4 is 5.32 Å². The number of hydrogen-bond donors (Lipinski definition) is 1. The third kappa shape index (κ3) is 4.79. The number of benzene rings is 1. The summed E-state index contributed by atoms with van der Waals surface area (Å²) in [5, 5.41) is 2.79. The third-order valence-corrected chi connectivity index (χ3v) is 4.13. The fourth-order valence-corrected chi connectivity index (χ4v) is 2.81. The van der Waals surface area contributed by atoms with Crippen LogP contribution in [-0.4, -0.2) is 55.6 Å². The first kappa shape index (κ1) is 18.9. The molecule has 1 aromatic rings. The average Bonchev–Trinajstić information content (AvgIpc) is 2.98. The Bertz CT molecular complexity index is 629. The first-order valence-electron chi connectivity index (χ1n) is 8.32. The molecule has 0 aliphatic carbocycles. The summed E-state index contributed by atoms with van der Waals surface area (Å²) in [5.74, 6) is -1.03. The molecule has 2 rings (SSSR count). The predicted molar refractivity (Wildman–Crippen MR) is 92.2 cm³/mol. The van der Waals surface area contributed by atoms with E-state index < -0.39 is 11.9 Å². The highest BCUT2D eigenvalue weighted by Gasteiger charge is 2.36. The average molecular weight is 348 g/mol. The van der Waals surface area contributed by atoms with Crippen LogP contribution in [0.3, 0.4) is 0 Å². The number of nitrogens with one attached hydrogen (secondary N) is 1. The van der Waals surface area contributed by atoms with Crippen molar-refractivity contribution >= 4 is 23.5 Å². The largest absolute Gasteiger partial charge is 0.462 e. The molecule has 1 aromatic carbocycles. The second-order valence-electron chi connectivity index (χ2n) is 6.04. The maximum Gasteiger partial charge on any atom is 0.338 e. The first-order chi connectivity index (χ1) is 12.0. The quantitative estimate of drug-likeness (QED) is 0.758. The van der Waals surface area contributed by atoms with E-state index in [2.05, 4.69) is 5.32 Å². The van der Waals surface area contributed by atoms with E-state index in [9.17, 15) is 14.4 Å². The Morgan fingerprint density at radius 2 is 2.00 bits per heavy atom. The van der Waals surface area contributed by atoms with Crippen LogP contribution in [0, 0.1) is 5.92 Å². The highest BCUT2D eigenvalue weighted by molar-refractivity contribution is 5.97. The van der Waals surface area contributed by atoms with Crippen molar-refractivity contribution in [2.75, 3.05) is 32.2 Å². The maximum atomic E-state index is 12.4. The van der Waals surface area contributed by atoms with E-state index in [1.807, 2.05) is 6.92 Å². The molecule has 1 aliphatic rings. The minimum Gasteiger partial charge on any atom is -0.462 e. The minimum atomic E-state index is -0.399. The van der Waals surface area contributed by atoms with Gasteiger partial charge >= 0.3 is 5.97 Å². The zero-order valence-corrected chi connectivity index (χ0v) is 14.8. The first-order valence-corrected chi connectivity index (χ1v) is 8.32. The summed E-state index contributed by atoms with van der Waals surface area (Å²) in [6.07, 6.45) is 0.195. The maximum absolute atomic E-state index is 12.4. The predicted octanol–water partition coefficient (Wildman–Crippen LogP) is 1.69. The summed E-state index contributed by atoms with van der Waals surface area (Å²) in [7, 11) is 1.58. The van der Waals surface area contributed by atoms with Crippen LogP contribution in [0.2, 0.25) is 0 Å². The molecule has 1 saturated heterocycles. The number of hydrogen-bond acceptors (Lipinski definition) is 5. The second-order valence-corrected chi connectivity index (χ2v) is 6.04. The van der Waals surface area contributed by atoms with Gasteiger partial charge in [-0.3, -0.25) is 9.59 Å². The molecule has 7 nitrogen and oxygen atoms in total. The van der Waals surface area contributed by atoms with E-state index in [0.29, 0.717) is 31.0 Å². The minimum absolute atomic E-state index is 0.0395. The number of methoxy groups -OCH3 is 1. The Kier molecular flexibility index (Phi) is 6.52. The van der Waals surface area contributed by atoms with Gasteiger partial charge < -0.3 is 19.7 Å². The molecule has 0 bridgehead atoms. The summed E-state index contributed by atoms with van der Waals surface area (Å²) < 4.78 is 9.99. The molecule has 2 amide bonds. The Hall–Kier alpha value is -2.41. The van der Waals surface area contributed by atoms with Crippen LogP contribution in [0.15, 0.2) is 24.3 Å². The molecule has 0 aromatic heterocycles. The molecule has 0 unspecified atom stereocenters. The van der Waals surface area contributed by atoms with E-state index in [-0.39, 0.29) is 24.3 Å². The van der Waals surface area contributed by atoms with Gasteiger partial charge in [0.2, 0.25) is 11.8 Å². The fourth-order valence-electron chi connectivity index (χ4n) is 2.81. The molecule has 0 radical (unpaired) electrons. The molecule has 25 heavy (non-hydrogen) atoms. The van der Waals surface area contributed by atoms with Gasteiger partial charge in [-0.25, -0.2) is 4.79 Å². The van der Waals surface area contributed by atoms with Crippen molar-refractivity contribution in [2.24, 2.45) is 5.92 Å². The summed E-state index contributed by atoms with van der Waals surface area (Å²) in [4.78, 5) is 37.8. The van der Waals surface area contributed by atoms with E-state index in [4.69, 9.17) is 9.47 Å². The van der Waals surface area contributed by atoms with Crippen molar-refractivity contribution in [1.82, 2.24) is 4.90 Å². The standard InChI is InChI=1S/C18H24N2O5/c1-4-25-18(23)13-5-7-15(8-6-13)19-17(22)14-9-16(21)20(10-14)12(2)11-24-3/h5-8,12,14H,4,9-11H2,1-3H3,(H,19,22)/t12-,14-/m1/s1. The zero-order valence-electron chi connectivity index (χ0n) is 14.8. The number of carbonyl (C=O) groups excluding carboxylic acids is 3. The van der Waals surface area contributed by atoms with Gasteiger partial charge in [0.15, 0.2) is 0 Å². The van der Waals surface area contributed by atoms with Gasteiger partial charge in [0.25, 0.3) is 0 Å². The third-order valence-electron chi connectivity index (χ3n) is 4.13. The van der Waals surface area contributed by atoms with Gasteiger partial charge in [0, 0.05) is 25.8 Å². The highest BCUT2D eigenvalue weighted by atomic mass is 16.5. The zero-order chi connectivity index (χ0) is 18.4. The van der Waals surface area contributed by atoms with Crippen LogP contribution in [0.25, 0.3) is 0 Å². The fraction of sp³-hybridized carbons (Fsp3) is 0.500. The van der Waals surface area contributed by atoms with Gasteiger partial charge in [0.1, 0.15) is 0 Å². The number of esters is 1. The Morgan fingerprint density at radius 1 is 1.32 bits per heavy atom. The lowest BCUT2D eigenvalue weighted by Gasteiger charge is -2.23. The van der Waals surface area contributed by atoms with Crippen molar-refractivity contribution in [2.45, 2.75) is 26.3 Å². The van der Waals surface area contributed by atoms with Crippen LogP contribution in [0.5, 0.6) is 0 Å². The van der Waals surface area contributed by atoms with Crippen molar-refractivity contribution in [3.05, 3.63) is 29.8 Å². The number of likely N-dealkylation sites (tertiary alicyclic amines) is 1. The number of rotatable bonds is 7. The highest BCUT2D eigenvalue weighted by Crippen LogP contribution is 2.22. The van der Waals surface area contributed by atoms with Crippen molar-refractivity contribution < 1.29 is 23.9 Å². The summed E-state index contributed by atoms with van der Waals surface area (Å²) in [6, 6.07) is 6.43. The molecule has 1 fully saturated rings. The molecule has 1 N–H and O–H groups in total. The van der Waals surface area contributed by atoms with Crippen molar-refractivity contribution in [3.8, 4) is 0 Å². The number of amides is 2. The van der Waals surface area contributed by atoms with Gasteiger partial charge in [-0.2, -0.15) is 0 Å². The molecular weight excluding hydrogens is 324 g/mol. The number of nitrogens with zero attached hydrogens (tertiary/aromatic N) is 1. The Morgan fingerprint density at radius 3 is 2.60 bits per heavy atom. The summed E-state index contributed by atoms with van der Waals surface area (Å²) >= 11 is 0. The van der Waals surface area contributed by atoms with E-state index in [1.165, 1.54) is 0 Å². The monoisotopic (exact) mass is 348 g/mol. The molecule has 2 atom stereocenters. The van der Waals surface area contributed by atoms with Gasteiger partial charge in [0.05, 0.1) is 30.7 Å². The Labute approximate surface area is 147 Å². The Balaban J connectivity index is 1.94. The smallest absolute Gasteiger partial charge is 0.338 e. The van der Waals surface area contributed by atoms with Crippen molar-refractivity contribution in [1.29, 1.82) is 0 Å². The van der Waals surface area contributed by atoms with E-state index >= 15 is 0 Å². The number of carbonyl (C=O) groups is 3. The molecule has 0 saturated carbocycles. The normalized spacial score (nSPS) is 18.1. The molecular formula is C18H24N2O5. The van der Waals surface area contributed by atoms with Gasteiger partial charge in [-0.1, -0.05) is 0 Å². The lowest BCUT2D eigenvalue weighted by atomic mass is 10.1. The van der Waals surface area contributed by atoms with Gasteiger partial charge in [-0.15, -0.1) is 0 Å². The number of ether oxygens (including phenoxy) is 2. The van der Waals surface area contributed by atoms with E-state index in [0.717, 1.165) is 0 Å². The molecule has 1 heterocycles. The van der Waals surface area contributed by atoms with E-state index in [1.54, 1.807) is 43.2 Å². The van der Waals surface area contributed by atoms with Gasteiger partial charge in [-0.05, 0) is 38.1 Å². The second kappa shape index (κ2) is 8.62. The molecule has 0 spiro atoms. The van der Waals surface area contributed by atoms with Crippen LogP contribution in [-0.2, 0) is 19.1 Å². The topological polar surface area (TPSA) is 84.9 Å². The molecule has 136 valence electrons. The summed E-state index contributed by atoms with van der Waals surface area (Å²) in [6.45, 7) is 4.78.